The maximum Gasteiger partial charge on any atom is 0.266 e. The largest absolute Gasteiger partial charge is 0.399 e. The molecule has 82 valence electrons. The molecule has 0 spiro atoms. The summed E-state index contributed by atoms with van der Waals surface area (Å²) < 4.78 is 0.442. The average molecular weight is 298 g/mol. The normalized spacial score (nSPS) is 10.3. The maximum absolute atomic E-state index is 11.3. The van der Waals surface area contributed by atoms with E-state index in [4.69, 9.17) is 5.73 Å². The molecular formula is C10H8BrN3OS. The first-order valence-electron chi connectivity index (χ1n) is 4.43. The van der Waals surface area contributed by atoms with Gasteiger partial charge in [0, 0.05) is 10.6 Å². The van der Waals surface area contributed by atoms with E-state index in [0.717, 1.165) is 4.90 Å². The van der Waals surface area contributed by atoms with Gasteiger partial charge in [0.15, 0.2) is 0 Å². The molecule has 2 aromatic rings. The van der Waals surface area contributed by atoms with Gasteiger partial charge < -0.3 is 10.7 Å². The van der Waals surface area contributed by atoms with Gasteiger partial charge in [-0.2, -0.15) is 0 Å². The number of nitrogen functional groups attached to an aromatic ring is 1. The molecule has 1 heterocycles. The van der Waals surface area contributed by atoms with Crippen molar-refractivity contribution in [1.29, 1.82) is 0 Å². The number of aromatic nitrogens is 2. The van der Waals surface area contributed by atoms with E-state index in [0.29, 0.717) is 15.2 Å². The van der Waals surface area contributed by atoms with Crippen LogP contribution in [0.25, 0.3) is 0 Å². The lowest BCUT2D eigenvalue weighted by molar-refractivity contribution is 0.990. The molecule has 1 aromatic carbocycles. The van der Waals surface area contributed by atoms with Crippen LogP contribution < -0.4 is 11.3 Å². The lowest BCUT2D eigenvalue weighted by atomic mass is 10.3. The van der Waals surface area contributed by atoms with E-state index in [2.05, 4.69) is 25.9 Å². The molecule has 0 radical (unpaired) electrons. The summed E-state index contributed by atoms with van der Waals surface area (Å²) in [6.07, 6.45) is 1.38. The first-order chi connectivity index (χ1) is 7.66. The molecule has 4 nitrogen and oxygen atoms in total. The molecule has 0 saturated carbocycles. The zero-order valence-corrected chi connectivity index (χ0v) is 10.5. The summed E-state index contributed by atoms with van der Waals surface area (Å²) in [6, 6.07) is 7.39. The van der Waals surface area contributed by atoms with Crippen molar-refractivity contribution in [3.05, 3.63) is 45.4 Å². The van der Waals surface area contributed by atoms with Gasteiger partial charge in [0.1, 0.15) is 9.50 Å². The minimum atomic E-state index is -0.187. The molecular weight excluding hydrogens is 290 g/mol. The van der Waals surface area contributed by atoms with Crippen molar-refractivity contribution < 1.29 is 0 Å². The maximum atomic E-state index is 11.3. The Morgan fingerprint density at radius 2 is 2.00 bits per heavy atom. The zero-order chi connectivity index (χ0) is 11.5. The lowest BCUT2D eigenvalue weighted by Crippen LogP contribution is -2.07. The van der Waals surface area contributed by atoms with Crippen molar-refractivity contribution >= 4 is 33.4 Å². The molecule has 6 heteroatoms. The number of hydrogen-bond donors (Lipinski definition) is 2. The number of anilines is 1. The third-order valence-corrected chi connectivity index (χ3v) is 3.87. The van der Waals surface area contributed by atoms with Crippen LogP contribution in [0.1, 0.15) is 0 Å². The van der Waals surface area contributed by atoms with E-state index in [-0.39, 0.29) is 5.56 Å². The van der Waals surface area contributed by atoms with E-state index in [1.54, 1.807) is 0 Å². The van der Waals surface area contributed by atoms with Crippen LogP contribution in [0.4, 0.5) is 5.69 Å². The van der Waals surface area contributed by atoms with Gasteiger partial charge in [0.05, 0.1) is 6.33 Å². The second kappa shape index (κ2) is 4.71. The molecule has 0 bridgehead atoms. The molecule has 0 aliphatic rings. The van der Waals surface area contributed by atoms with Gasteiger partial charge in [-0.3, -0.25) is 4.79 Å². The van der Waals surface area contributed by atoms with Crippen LogP contribution in [-0.2, 0) is 0 Å². The molecule has 0 aliphatic carbocycles. The molecule has 0 aliphatic heterocycles. The van der Waals surface area contributed by atoms with Gasteiger partial charge in [-0.15, -0.1) is 0 Å². The summed E-state index contributed by atoms with van der Waals surface area (Å²) >= 11 is 4.60. The monoisotopic (exact) mass is 297 g/mol. The van der Waals surface area contributed by atoms with Gasteiger partial charge in [0.25, 0.3) is 5.56 Å². The van der Waals surface area contributed by atoms with Crippen molar-refractivity contribution in [2.75, 3.05) is 5.73 Å². The highest BCUT2D eigenvalue weighted by Crippen LogP contribution is 2.29. The number of rotatable bonds is 2. The Kier molecular flexibility index (Phi) is 3.31. The van der Waals surface area contributed by atoms with Crippen LogP contribution in [0, 0.1) is 0 Å². The number of H-pyrrole nitrogens is 1. The van der Waals surface area contributed by atoms with Crippen LogP contribution in [0.15, 0.2) is 49.8 Å². The first kappa shape index (κ1) is 11.2. The minimum absolute atomic E-state index is 0.187. The Morgan fingerprint density at radius 3 is 2.69 bits per heavy atom. The second-order valence-corrected chi connectivity index (χ2v) is 4.88. The molecule has 0 fully saturated rings. The number of halogens is 1. The van der Waals surface area contributed by atoms with Crippen LogP contribution in [0.5, 0.6) is 0 Å². The first-order valence-corrected chi connectivity index (χ1v) is 6.04. The summed E-state index contributed by atoms with van der Waals surface area (Å²) in [5, 5.41) is 0.633. The Balaban J connectivity index is 2.30. The molecule has 3 N–H and O–H groups in total. The van der Waals surface area contributed by atoms with Crippen molar-refractivity contribution in [2.24, 2.45) is 0 Å². The molecule has 0 saturated heterocycles. The summed E-state index contributed by atoms with van der Waals surface area (Å²) in [6.45, 7) is 0. The van der Waals surface area contributed by atoms with Crippen LogP contribution in [-0.4, -0.2) is 9.97 Å². The number of hydrogen-bond acceptors (Lipinski definition) is 4. The van der Waals surface area contributed by atoms with Gasteiger partial charge in [-0.05, 0) is 40.2 Å². The van der Waals surface area contributed by atoms with Gasteiger partial charge in [-0.1, -0.05) is 11.8 Å². The fourth-order valence-corrected chi connectivity index (χ4v) is 2.33. The molecule has 0 amide bonds. The van der Waals surface area contributed by atoms with E-state index in [1.807, 2.05) is 24.3 Å². The Labute approximate surface area is 104 Å². The van der Waals surface area contributed by atoms with Crippen molar-refractivity contribution in [3.8, 4) is 0 Å². The van der Waals surface area contributed by atoms with Gasteiger partial charge in [-0.25, -0.2) is 4.98 Å². The van der Waals surface area contributed by atoms with Crippen LogP contribution in [0.3, 0.4) is 0 Å². The molecule has 0 unspecified atom stereocenters. The Morgan fingerprint density at radius 1 is 1.31 bits per heavy atom. The minimum Gasteiger partial charge on any atom is -0.399 e. The van der Waals surface area contributed by atoms with Crippen LogP contribution in [0.2, 0.25) is 0 Å². The highest BCUT2D eigenvalue weighted by Gasteiger charge is 2.06. The highest BCUT2D eigenvalue weighted by atomic mass is 79.9. The quantitative estimate of drug-likeness (QED) is 0.659. The fraction of sp³-hybridized carbons (Fsp3) is 0. The van der Waals surface area contributed by atoms with E-state index >= 15 is 0 Å². The fourth-order valence-electron chi connectivity index (χ4n) is 1.09. The average Bonchev–Trinajstić information content (AvgIpc) is 2.28. The summed E-state index contributed by atoms with van der Waals surface area (Å²) in [4.78, 5) is 18.9. The standard InChI is InChI=1S/C10H8BrN3OS/c11-8-9(15)13-5-14-10(8)16-7-3-1-6(12)2-4-7/h1-5H,12H2,(H,13,14,15). The predicted molar refractivity (Wildman–Crippen MR) is 67.5 cm³/mol. The number of aromatic amines is 1. The second-order valence-electron chi connectivity index (χ2n) is 3.02. The smallest absolute Gasteiger partial charge is 0.266 e. The predicted octanol–water partition coefficient (Wildman–Crippen LogP) is 2.27. The summed E-state index contributed by atoms with van der Waals surface area (Å²) in [5.41, 5.74) is 6.11. The van der Waals surface area contributed by atoms with E-state index < -0.39 is 0 Å². The number of nitrogens with zero attached hydrogens (tertiary/aromatic N) is 1. The SMILES string of the molecule is Nc1ccc(Sc2nc[nH]c(=O)c2Br)cc1. The number of nitrogens with two attached hydrogens (primary N) is 1. The van der Waals surface area contributed by atoms with E-state index in [9.17, 15) is 4.79 Å². The molecule has 16 heavy (non-hydrogen) atoms. The zero-order valence-electron chi connectivity index (χ0n) is 8.11. The van der Waals surface area contributed by atoms with Crippen LogP contribution >= 0.6 is 27.7 Å². The topological polar surface area (TPSA) is 71.8 Å². The van der Waals surface area contributed by atoms with Gasteiger partial charge in [0.2, 0.25) is 0 Å². The van der Waals surface area contributed by atoms with Crippen molar-refractivity contribution in [2.45, 2.75) is 9.92 Å². The third kappa shape index (κ3) is 2.45. The Bertz CT molecular complexity index is 553. The van der Waals surface area contributed by atoms with Crippen molar-refractivity contribution in [3.63, 3.8) is 0 Å². The highest BCUT2D eigenvalue weighted by molar-refractivity contribution is 9.10. The third-order valence-electron chi connectivity index (χ3n) is 1.86. The van der Waals surface area contributed by atoms with E-state index in [1.165, 1.54) is 18.1 Å². The number of benzene rings is 1. The lowest BCUT2D eigenvalue weighted by Gasteiger charge is -2.02. The summed E-state index contributed by atoms with van der Waals surface area (Å²) in [7, 11) is 0. The number of nitrogens with one attached hydrogen (secondary N) is 1. The van der Waals surface area contributed by atoms with Crippen molar-refractivity contribution in [1.82, 2.24) is 9.97 Å². The Hall–Kier alpha value is -1.27. The molecule has 1 aromatic heterocycles. The molecule has 2 rings (SSSR count). The summed E-state index contributed by atoms with van der Waals surface area (Å²) in [5.74, 6) is 0. The van der Waals surface area contributed by atoms with Gasteiger partial charge >= 0.3 is 0 Å². The molecule has 0 atom stereocenters.